The molecule has 0 radical (unpaired) electrons. The molecule has 3 aromatic rings. The van der Waals surface area contributed by atoms with Crippen molar-refractivity contribution in [2.75, 3.05) is 19.5 Å². The van der Waals surface area contributed by atoms with Crippen LogP contribution in [0.2, 0.25) is 5.02 Å². The molecule has 2 fully saturated rings. The Hall–Kier alpha value is -1.76. The van der Waals surface area contributed by atoms with Crippen molar-refractivity contribution in [1.29, 1.82) is 0 Å². The summed E-state index contributed by atoms with van der Waals surface area (Å²) >= 11 is 7.26. The normalized spacial score (nSPS) is 30.5. The minimum Gasteiger partial charge on any atom is -0.382 e. The Morgan fingerprint density at radius 1 is 1.35 bits per heavy atom. The maximum absolute atomic E-state index is 11.9. The predicted molar refractivity (Wildman–Crippen MR) is 111 cm³/mol. The van der Waals surface area contributed by atoms with Crippen LogP contribution in [0.1, 0.15) is 6.23 Å². The molecule has 5 unspecified atom stereocenters. The number of phosphoric acid groups is 1. The van der Waals surface area contributed by atoms with Crippen molar-refractivity contribution >= 4 is 48.2 Å². The van der Waals surface area contributed by atoms with Crippen LogP contribution in [0.5, 0.6) is 0 Å². The van der Waals surface area contributed by atoms with Gasteiger partial charge >= 0.3 is 7.82 Å². The molecule has 5 rings (SSSR count). The number of anilines is 1. The number of ether oxygens (including phenoxy) is 2. The first-order valence-electron chi connectivity index (χ1n) is 9.12. The second-order valence-electron chi connectivity index (χ2n) is 6.87. The third-order valence-corrected chi connectivity index (χ3v) is 7.05. The van der Waals surface area contributed by atoms with Gasteiger partial charge in [-0.05, 0) is 36.0 Å². The second kappa shape index (κ2) is 7.98. The molecule has 11 nitrogen and oxygen atoms in total. The Morgan fingerprint density at radius 3 is 2.87 bits per heavy atom. The first-order valence-corrected chi connectivity index (χ1v) is 11.8. The molecular weight excluding hydrogens is 469 g/mol. The zero-order valence-electron chi connectivity index (χ0n) is 16.0. The molecule has 0 amide bonds. The van der Waals surface area contributed by atoms with Gasteiger partial charge in [-0.15, -0.1) is 0 Å². The summed E-state index contributed by atoms with van der Waals surface area (Å²) in [6.45, 7) is -0.101. The average Bonchev–Trinajstić information content (AvgIpc) is 3.29. The molecule has 2 aromatic heterocycles. The Bertz CT molecular complexity index is 1180. The van der Waals surface area contributed by atoms with Crippen molar-refractivity contribution in [1.82, 2.24) is 19.5 Å². The zero-order valence-corrected chi connectivity index (χ0v) is 18.5. The summed E-state index contributed by atoms with van der Waals surface area (Å²) in [4.78, 5) is 23.8. The number of aromatic nitrogens is 4. The van der Waals surface area contributed by atoms with Crippen LogP contribution in [-0.2, 0) is 23.1 Å². The molecule has 31 heavy (non-hydrogen) atoms. The Kier molecular flexibility index (Phi) is 5.43. The van der Waals surface area contributed by atoms with Gasteiger partial charge in [-0.1, -0.05) is 11.6 Å². The van der Waals surface area contributed by atoms with Gasteiger partial charge in [-0.3, -0.25) is 13.6 Å². The molecule has 14 heteroatoms. The summed E-state index contributed by atoms with van der Waals surface area (Å²) in [6.07, 6.45) is -1.30. The van der Waals surface area contributed by atoms with Gasteiger partial charge in [0.2, 0.25) is 0 Å². The van der Waals surface area contributed by atoms with Crippen molar-refractivity contribution in [3.63, 3.8) is 0 Å². The summed E-state index contributed by atoms with van der Waals surface area (Å²) in [5.74, 6) is 0.212. The number of halogens is 1. The van der Waals surface area contributed by atoms with Crippen molar-refractivity contribution in [3.8, 4) is 0 Å². The Labute approximate surface area is 185 Å². The maximum Gasteiger partial charge on any atom is 0.472 e. The van der Waals surface area contributed by atoms with E-state index in [1.807, 2.05) is 12.1 Å². The highest BCUT2D eigenvalue weighted by Crippen LogP contribution is 2.53. The van der Waals surface area contributed by atoms with E-state index < -0.39 is 32.4 Å². The molecule has 0 bridgehead atoms. The number of hydrogen-bond acceptors (Lipinski definition) is 10. The molecule has 0 aliphatic carbocycles. The average molecular weight is 486 g/mol. The molecular formula is C17H17ClN5O6PS. The number of nitrogens with zero attached hydrogens (tertiary/aromatic N) is 4. The quantitative estimate of drug-likeness (QED) is 0.415. The number of nitrogen functional groups attached to an aromatic ring is 1. The lowest BCUT2D eigenvalue weighted by Crippen LogP contribution is -2.40. The molecule has 2 saturated heterocycles. The minimum atomic E-state index is -4.16. The topological polar surface area (TPSA) is 144 Å². The fourth-order valence-corrected chi connectivity index (χ4v) is 5.40. The summed E-state index contributed by atoms with van der Waals surface area (Å²) in [5.41, 5.74) is 6.95. The fourth-order valence-electron chi connectivity index (χ4n) is 3.55. The van der Waals surface area contributed by atoms with Crippen LogP contribution in [0.15, 0.2) is 40.6 Å². The Morgan fingerprint density at radius 2 is 2.13 bits per heavy atom. The van der Waals surface area contributed by atoms with E-state index in [1.165, 1.54) is 25.2 Å². The Balaban J connectivity index is 1.50. The molecule has 1 aromatic carbocycles. The predicted octanol–water partition coefficient (Wildman–Crippen LogP) is 2.64. The molecule has 4 heterocycles. The summed E-state index contributed by atoms with van der Waals surface area (Å²) < 4.78 is 35.2. The van der Waals surface area contributed by atoms with Crippen LogP contribution >= 0.6 is 31.2 Å². The largest absolute Gasteiger partial charge is 0.472 e. The highest BCUT2D eigenvalue weighted by molar-refractivity contribution is 7.99. The van der Waals surface area contributed by atoms with E-state index in [9.17, 15) is 9.46 Å². The van der Waals surface area contributed by atoms with Crippen LogP contribution in [0.4, 0.5) is 5.82 Å². The van der Waals surface area contributed by atoms with Crippen LogP contribution in [-0.4, -0.2) is 56.4 Å². The summed E-state index contributed by atoms with van der Waals surface area (Å²) in [7, 11) is -2.69. The van der Waals surface area contributed by atoms with Crippen LogP contribution in [0.25, 0.3) is 11.2 Å². The number of fused-ring (bicyclic) bond motifs is 2. The van der Waals surface area contributed by atoms with E-state index in [1.54, 1.807) is 16.7 Å². The highest BCUT2D eigenvalue weighted by Gasteiger charge is 2.53. The minimum absolute atomic E-state index is 0.101. The van der Waals surface area contributed by atoms with E-state index >= 15 is 0 Å². The number of imidazole rings is 1. The molecule has 0 spiro atoms. The van der Waals surface area contributed by atoms with E-state index in [4.69, 9.17) is 35.9 Å². The third-order valence-electron chi connectivity index (χ3n) is 4.94. The summed E-state index contributed by atoms with van der Waals surface area (Å²) in [5, 5.41) is 1.04. The smallest absolute Gasteiger partial charge is 0.382 e. The first-order chi connectivity index (χ1) is 14.8. The summed E-state index contributed by atoms with van der Waals surface area (Å²) in [6, 6.07) is 7.25. The van der Waals surface area contributed by atoms with E-state index in [0.29, 0.717) is 21.3 Å². The van der Waals surface area contributed by atoms with Gasteiger partial charge in [0, 0.05) is 17.0 Å². The van der Waals surface area contributed by atoms with Gasteiger partial charge in [0.25, 0.3) is 0 Å². The maximum atomic E-state index is 11.9. The van der Waals surface area contributed by atoms with E-state index in [2.05, 4.69) is 15.0 Å². The number of hydrogen-bond donors (Lipinski definition) is 2. The van der Waals surface area contributed by atoms with E-state index in [-0.39, 0.29) is 12.4 Å². The molecule has 2 aliphatic heterocycles. The van der Waals surface area contributed by atoms with Crippen LogP contribution in [0.3, 0.4) is 0 Å². The first kappa shape index (κ1) is 21.1. The van der Waals surface area contributed by atoms with Crippen LogP contribution < -0.4 is 5.73 Å². The number of phosphoric ester groups is 1. The van der Waals surface area contributed by atoms with Gasteiger partial charge in [0.15, 0.2) is 22.8 Å². The number of benzene rings is 1. The third kappa shape index (κ3) is 3.94. The lowest BCUT2D eigenvalue weighted by molar-refractivity contribution is -0.0667. The standard InChI is InChI=1S/C17H17ClN5O6PS/c1-26-13-12-10(6-27-30(24,25)29-12)28-16(13)23-7-20-11-14(19)21-17(22-15(11)23)31-9-4-2-8(18)3-5-9/h2-5,7,10,12-13,16H,6H2,1H3,(H,24,25)(H2,19,21,22). The number of rotatable bonds is 4. The lowest BCUT2D eigenvalue weighted by atomic mass is 10.1. The lowest BCUT2D eigenvalue weighted by Gasteiger charge is -2.29. The monoisotopic (exact) mass is 485 g/mol. The molecule has 0 saturated carbocycles. The SMILES string of the molecule is COC1C2OP(=O)(O)OCC2OC1n1cnc2c(N)nc(Sc3ccc(Cl)cc3)nc21. The van der Waals surface area contributed by atoms with Crippen molar-refractivity contribution in [2.45, 2.75) is 34.6 Å². The fraction of sp³-hybridized carbons (Fsp3) is 0.353. The zero-order chi connectivity index (χ0) is 21.8. The molecule has 2 aliphatic rings. The van der Waals surface area contributed by atoms with Crippen molar-refractivity contribution in [2.24, 2.45) is 0 Å². The molecule has 5 atom stereocenters. The van der Waals surface area contributed by atoms with Crippen molar-refractivity contribution in [3.05, 3.63) is 35.6 Å². The van der Waals surface area contributed by atoms with Gasteiger partial charge in [-0.2, -0.15) is 0 Å². The van der Waals surface area contributed by atoms with Crippen molar-refractivity contribution < 1.29 is 28.0 Å². The molecule has 164 valence electrons. The number of nitrogens with two attached hydrogens (primary N) is 1. The highest BCUT2D eigenvalue weighted by atomic mass is 35.5. The van der Waals surface area contributed by atoms with Gasteiger partial charge in [0.1, 0.15) is 23.8 Å². The second-order valence-corrected chi connectivity index (χ2v) is 9.75. The van der Waals surface area contributed by atoms with Gasteiger partial charge < -0.3 is 20.1 Å². The number of methoxy groups -OCH3 is 1. The molecule has 3 N–H and O–H groups in total. The van der Waals surface area contributed by atoms with Gasteiger partial charge in [-0.25, -0.2) is 19.5 Å². The van der Waals surface area contributed by atoms with E-state index in [0.717, 1.165) is 4.90 Å². The van der Waals surface area contributed by atoms with Gasteiger partial charge in [0.05, 0.1) is 12.9 Å². The van der Waals surface area contributed by atoms with Crippen LogP contribution in [0, 0.1) is 0 Å².